The van der Waals surface area contributed by atoms with Gasteiger partial charge in [-0.15, -0.1) is 0 Å². The number of ether oxygens (including phenoxy) is 1. The minimum atomic E-state index is -0.322. The number of rotatable bonds is 4. The molecule has 0 aromatic heterocycles. The fourth-order valence-electron chi connectivity index (χ4n) is 3.08. The number of hydrogen-bond acceptors (Lipinski definition) is 2. The smallest absolute Gasteiger partial charge is 0.165 e. The Labute approximate surface area is 114 Å². The molecule has 0 aliphatic heterocycles. The highest BCUT2D eigenvalue weighted by atomic mass is 19.1. The highest BCUT2D eigenvalue weighted by Gasteiger charge is 2.28. The number of hydrogen-bond donors (Lipinski definition) is 1. The van der Waals surface area contributed by atoms with Gasteiger partial charge in [-0.2, -0.15) is 0 Å². The summed E-state index contributed by atoms with van der Waals surface area (Å²) in [6.45, 7) is 2.20. The number of halogens is 1. The fraction of sp³-hybridized carbons (Fsp3) is 0.625. The van der Waals surface area contributed by atoms with Crippen LogP contribution in [0.5, 0.6) is 5.75 Å². The average Bonchev–Trinajstić information content (AvgIpc) is 2.41. The predicted molar refractivity (Wildman–Crippen MR) is 73.8 cm³/mol. The molecular formula is C16H23FO2. The van der Waals surface area contributed by atoms with E-state index in [1.54, 1.807) is 6.07 Å². The summed E-state index contributed by atoms with van der Waals surface area (Å²) >= 11 is 0. The molecule has 0 spiro atoms. The topological polar surface area (TPSA) is 29.5 Å². The minimum absolute atomic E-state index is 0.243. The molecular weight excluding hydrogens is 243 g/mol. The summed E-state index contributed by atoms with van der Waals surface area (Å²) in [7, 11) is 1.47. The van der Waals surface area contributed by atoms with E-state index >= 15 is 0 Å². The monoisotopic (exact) mass is 266 g/mol. The quantitative estimate of drug-likeness (QED) is 0.903. The van der Waals surface area contributed by atoms with E-state index in [9.17, 15) is 9.50 Å². The fourth-order valence-corrected chi connectivity index (χ4v) is 3.08. The van der Waals surface area contributed by atoms with Crippen LogP contribution < -0.4 is 4.74 Å². The minimum Gasteiger partial charge on any atom is -0.494 e. The van der Waals surface area contributed by atoms with Gasteiger partial charge in [0.25, 0.3) is 0 Å². The molecule has 0 saturated heterocycles. The van der Waals surface area contributed by atoms with Gasteiger partial charge < -0.3 is 9.84 Å². The summed E-state index contributed by atoms with van der Waals surface area (Å²) in [6, 6.07) is 5.09. The molecule has 19 heavy (non-hydrogen) atoms. The van der Waals surface area contributed by atoms with Crippen molar-refractivity contribution in [2.75, 3.05) is 7.11 Å². The Balaban J connectivity index is 2.05. The van der Waals surface area contributed by atoms with E-state index in [4.69, 9.17) is 4.74 Å². The van der Waals surface area contributed by atoms with Gasteiger partial charge >= 0.3 is 0 Å². The van der Waals surface area contributed by atoms with E-state index in [1.807, 2.05) is 6.07 Å². The summed E-state index contributed by atoms with van der Waals surface area (Å²) in [6.07, 6.45) is 4.71. The normalized spacial score (nSPS) is 27.3. The molecule has 0 amide bonds. The first kappa shape index (κ1) is 14.3. The van der Waals surface area contributed by atoms with Gasteiger partial charge in [-0.1, -0.05) is 19.4 Å². The molecule has 1 aliphatic carbocycles. The lowest BCUT2D eigenvalue weighted by molar-refractivity contribution is 0.0474. The summed E-state index contributed by atoms with van der Waals surface area (Å²) in [5.41, 5.74) is 0.944. The van der Waals surface area contributed by atoms with Crippen molar-refractivity contribution in [3.63, 3.8) is 0 Å². The van der Waals surface area contributed by atoms with Crippen LogP contribution in [0.3, 0.4) is 0 Å². The van der Waals surface area contributed by atoms with E-state index in [2.05, 4.69) is 6.92 Å². The third-order valence-corrected chi connectivity index (χ3v) is 4.34. The molecule has 1 aromatic rings. The van der Waals surface area contributed by atoms with Gasteiger partial charge in [-0.3, -0.25) is 0 Å². The van der Waals surface area contributed by atoms with Gasteiger partial charge in [0.2, 0.25) is 0 Å². The molecule has 3 heteroatoms. The number of aliphatic hydroxyl groups is 1. The zero-order chi connectivity index (χ0) is 13.8. The molecule has 2 nitrogen and oxygen atoms in total. The van der Waals surface area contributed by atoms with Crippen molar-refractivity contribution in [2.45, 2.75) is 45.1 Å². The molecule has 1 aliphatic rings. The molecule has 0 bridgehead atoms. The van der Waals surface area contributed by atoms with Crippen molar-refractivity contribution in [1.29, 1.82) is 0 Å². The Bertz CT molecular complexity index is 419. The van der Waals surface area contributed by atoms with Crippen LogP contribution in [0.25, 0.3) is 0 Å². The lowest BCUT2D eigenvalue weighted by Gasteiger charge is -2.33. The molecule has 2 rings (SSSR count). The molecule has 1 aromatic carbocycles. The van der Waals surface area contributed by atoms with E-state index in [0.717, 1.165) is 31.2 Å². The third kappa shape index (κ3) is 3.47. The standard InChI is InChI=1S/C16H23FO2/c1-3-11-4-6-15(18)13(8-11)9-12-5-7-16(19-2)14(17)10-12/h5,7,10-11,13,15,18H,3-4,6,8-9H2,1-2H3. The summed E-state index contributed by atoms with van der Waals surface area (Å²) in [5.74, 6) is 0.916. The molecule has 3 atom stereocenters. The van der Waals surface area contributed by atoms with Gasteiger partial charge in [0, 0.05) is 0 Å². The average molecular weight is 266 g/mol. The SMILES string of the molecule is CCC1CCC(O)C(Cc2ccc(OC)c(F)c2)C1. The Hall–Kier alpha value is -1.09. The Morgan fingerprint density at radius 1 is 1.37 bits per heavy atom. The summed E-state index contributed by atoms with van der Waals surface area (Å²) in [5, 5.41) is 10.1. The lowest BCUT2D eigenvalue weighted by atomic mass is 9.76. The van der Waals surface area contributed by atoms with Crippen molar-refractivity contribution in [3.8, 4) is 5.75 Å². The molecule has 1 N–H and O–H groups in total. The number of benzene rings is 1. The highest BCUT2D eigenvalue weighted by Crippen LogP contribution is 2.33. The van der Waals surface area contributed by atoms with Gasteiger partial charge in [-0.05, 0) is 55.2 Å². The summed E-state index contributed by atoms with van der Waals surface area (Å²) in [4.78, 5) is 0. The van der Waals surface area contributed by atoms with Gasteiger partial charge in [0.1, 0.15) is 0 Å². The second kappa shape index (κ2) is 6.38. The van der Waals surface area contributed by atoms with Gasteiger partial charge in [-0.25, -0.2) is 4.39 Å². The first-order valence-corrected chi connectivity index (χ1v) is 7.14. The van der Waals surface area contributed by atoms with Crippen LogP contribution >= 0.6 is 0 Å². The van der Waals surface area contributed by atoms with Crippen LogP contribution in [0.4, 0.5) is 4.39 Å². The van der Waals surface area contributed by atoms with Crippen molar-refractivity contribution in [3.05, 3.63) is 29.6 Å². The maximum atomic E-state index is 13.7. The van der Waals surface area contributed by atoms with Crippen molar-refractivity contribution in [1.82, 2.24) is 0 Å². The maximum Gasteiger partial charge on any atom is 0.165 e. The number of aliphatic hydroxyl groups excluding tert-OH is 1. The van der Waals surface area contributed by atoms with Crippen molar-refractivity contribution < 1.29 is 14.2 Å². The highest BCUT2D eigenvalue weighted by molar-refractivity contribution is 5.29. The molecule has 1 fully saturated rings. The third-order valence-electron chi connectivity index (χ3n) is 4.34. The molecule has 1 saturated carbocycles. The first-order chi connectivity index (χ1) is 9.13. The molecule has 0 heterocycles. The van der Waals surface area contributed by atoms with Gasteiger partial charge in [0.15, 0.2) is 11.6 Å². The van der Waals surface area contributed by atoms with E-state index in [1.165, 1.54) is 19.6 Å². The van der Waals surface area contributed by atoms with Crippen LogP contribution in [0.1, 0.15) is 38.2 Å². The van der Waals surface area contributed by atoms with E-state index in [0.29, 0.717) is 5.92 Å². The Morgan fingerprint density at radius 2 is 2.16 bits per heavy atom. The molecule has 3 unspecified atom stereocenters. The van der Waals surface area contributed by atoms with E-state index in [-0.39, 0.29) is 23.6 Å². The second-order valence-corrected chi connectivity index (χ2v) is 5.59. The Kier molecular flexibility index (Phi) is 4.81. The van der Waals surface area contributed by atoms with Crippen molar-refractivity contribution in [2.24, 2.45) is 11.8 Å². The van der Waals surface area contributed by atoms with E-state index < -0.39 is 0 Å². The Morgan fingerprint density at radius 3 is 2.79 bits per heavy atom. The zero-order valence-corrected chi connectivity index (χ0v) is 11.7. The van der Waals surface area contributed by atoms with Crippen LogP contribution in [0.2, 0.25) is 0 Å². The molecule has 0 radical (unpaired) electrons. The van der Waals surface area contributed by atoms with Crippen molar-refractivity contribution >= 4 is 0 Å². The second-order valence-electron chi connectivity index (χ2n) is 5.59. The van der Waals surface area contributed by atoms with Crippen LogP contribution in [0.15, 0.2) is 18.2 Å². The first-order valence-electron chi connectivity index (χ1n) is 7.14. The lowest BCUT2D eigenvalue weighted by Crippen LogP contribution is -2.30. The zero-order valence-electron chi connectivity index (χ0n) is 11.7. The maximum absolute atomic E-state index is 13.7. The molecule has 106 valence electrons. The van der Waals surface area contributed by atoms with Gasteiger partial charge in [0.05, 0.1) is 13.2 Å². The van der Waals surface area contributed by atoms with Crippen LogP contribution in [-0.2, 0) is 6.42 Å². The number of methoxy groups -OCH3 is 1. The largest absolute Gasteiger partial charge is 0.494 e. The van der Waals surface area contributed by atoms with Crippen LogP contribution in [-0.4, -0.2) is 18.3 Å². The van der Waals surface area contributed by atoms with Crippen LogP contribution in [0, 0.1) is 17.7 Å². The summed E-state index contributed by atoms with van der Waals surface area (Å²) < 4.78 is 18.6. The predicted octanol–water partition coefficient (Wildman–Crippen LogP) is 3.56.